The van der Waals surface area contributed by atoms with Crippen molar-refractivity contribution in [3.63, 3.8) is 0 Å². The first kappa shape index (κ1) is 18.5. The lowest BCUT2D eigenvalue weighted by Crippen LogP contribution is -2.29. The molecule has 2 heterocycles. The highest BCUT2D eigenvalue weighted by atomic mass is 19.3. The molecule has 0 aliphatic rings. The molecule has 0 radical (unpaired) electrons. The van der Waals surface area contributed by atoms with Gasteiger partial charge in [-0.05, 0) is 26.3 Å². The molecular weight excluding hydrogens is 338 g/mol. The van der Waals surface area contributed by atoms with Crippen LogP contribution in [0.5, 0.6) is 0 Å². The second kappa shape index (κ2) is 7.81. The molecule has 0 spiro atoms. The van der Waals surface area contributed by atoms with Crippen molar-refractivity contribution >= 4 is 11.6 Å². The summed E-state index contributed by atoms with van der Waals surface area (Å²) in [6, 6.07) is 1.87. The maximum atomic E-state index is 12.8. The fraction of sp³-hybridized carbons (Fsp3) is 0.500. The Hall–Kier alpha value is -2.85. The Kier molecular flexibility index (Phi) is 5.78. The quantitative estimate of drug-likeness (QED) is 0.440. The third-order valence-electron chi connectivity index (χ3n) is 3.68. The van der Waals surface area contributed by atoms with E-state index in [1.54, 1.807) is 10.9 Å². The molecular formula is C14H18F2N6O3. The Morgan fingerprint density at radius 3 is 2.64 bits per heavy atom. The van der Waals surface area contributed by atoms with E-state index in [9.17, 15) is 23.7 Å². The number of carbonyl (C=O) groups is 1. The number of carbonyl (C=O) groups excluding carboxylic acids is 1. The average Bonchev–Trinajstić information content (AvgIpc) is 3.08. The molecule has 0 saturated carbocycles. The lowest BCUT2D eigenvalue weighted by Gasteiger charge is -2.07. The zero-order chi connectivity index (χ0) is 18.6. The maximum absolute atomic E-state index is 12.8. The molecule has 9 nitrogen and oxygen atoms in total. The zero-order valence-corrected chi connectivity index (χ0v) is 13.8. The van der Waals surface area contributed by atoms with Crippen LogP contribution in [-0.2, 0) is 17.9 Å². The molecule has 2 aromatic rings. The molecule has 25 heavy (non-hydrogen) atoms. The van der Waals surface area contributed by atoms with Crippen LogP contribution in [0.4, 0.5) is 14.5 Å². The summed E-state index contributed by atoms with van der Waals surface area (Å²) in [7, 11) is 0. The number of nitrogens with zero attached hydrogens (tertiary/aromatic N) is 5. The van der Waals surface area contributed by atoms with Crippen LogP contribution in [0.3, 0.4) is 0 Å². The van der Waals surface area contributed by atoms with Gasteiger partial charge in [-0.2, -0.15) is 10.2 Å². The van der Waals surface area contributed by atoms with Crippen LogP contribution >= 0.6 is 0 Å². The summed E-state index contributed by atoms with van der Waals surface area (Å²) in [5, 5.41) is 21.1. The largest absolute Gasteiger partial charge is 0.354 e. The number of rotatable bonds is 8. The standard InChI is InChI=1S/C14H18F2N6O3/c1-9-4-6-18-20(9)7-3-5-17-11(23)8-21-10(2)13(22(24)25)12(19-21)14(15)16/h4,6,14H,3,5,7-8H2,1-2H3,(H,17,23). The number of hydrogen-bond acceptors (Lipinski definition) is 5. The van der Waals surface area contributed by atoms with E-state index < -0.39 is 28.6 Å². The minimum Gasteiger partial charge on any atom is -0.354 e. The highest BCUT2D eigenvalue weighted by Gasteiger charge is 2.31. The van der Waals surface area contributed by atoms with Gasteiger partial charge in [-0.3, -0.25) is 24.3 Å². The Balaban J connectivity index is 1.91. The number of hydrogen-bond donors (Lipinski definition) is 1. The Morgan fingerprint density at radius 2 is 2.12 bits per heavy atom. The molecule has 0 aliphatic carbocycles. The molecule has 11 heteroatoms. The molecule has 136 valence electrons. The van der Waals surface area contributed by atoms with E-state index in [1.807, 2.05) is 13.0 Å². The molecule has 0 unspecified atom stereocenters. The number of amides is 1. The van der Waals surface area contributed by atoms with E-state index in [1.165, 1.54) is 6.92 Å². The summed E-state index contributed by atoms with van der Waals surface area (Å²) in [5.41, 5.74) is -0.755. The predicted octanol–water partition coefficient (Wildman–Crippen LogP) is 1.75. The molecule has 0 fully saturated rings. The van der Waals surface area contributed by atoms with Gasteiger partial charge in [0.25, 0.3) is 6.43 Å². The Bertz CT molecular complexity index is 771. The van der Waals surface area contributed by atoms with E-state index in [4.69, 9.17) is 0 Å². The normalized spacial score (nSPS) is 11.1. The van der Waals surface area contributed by atoms with Crippen LogP contribution < -0.4 is 5.32 Å². The number of nitrogens with one attached hydrogen (secondary N) is 1. The molecule has 1 amide bonds. The van der Waals surface area contributed by atoms with E-state index >= 15 is 0 Å². The van der Waals surface area contributed by atoms with E-state index in [2.05, 4.69) is 15.5 Å². The van der Waals surface area contributed by atoms with Gasteiger partial charge < -0.3 is 5.32 Å². The van der Waals surface area contributed by atoms with Gasteiger partial charge in [0.05, 0.1) is 4.92 Å². The lowest BCUT2D eigenvalue weighted by molar-refractivity contribution is -0.386. The topological polar surface area (TPSA) is 108 Å². The van der Waals surface area contributed by atoms with Crippen molar-refractivity contribution in [2.75, 3.05) is 6.54 Å². The van der Waals surface area contributed by atoms with Crippen LogP contribution in [0.2, 0.25) is 0 Å². The van der Waals surface area contributed by atoms with Crippen LogP contribution in [0.1, 0.15) is 29.9 Å². The minimum atomic E-state index is -3.08. The average molecular weight is 356 g/mol. The summed E-state index contributed by atoms with van der Waals surface area (Å²) in [5.74, 6) is -0.460. The molecule has 1 N–H and O–H groups in total. The van der Waals surface area contributed by atoms with Crippen molar-refractivity contribution in [1.29, 1.82) is 0 Å². The van der Waals surface area contributed by atoms with Crippen LogP contribution in [0.15, 0.2) is 12.3 Å². The fourth-order valence-electron chi connectivity index (χ4n) is 2.37. The van der Waals surface area contributed by atoms with Gasteiger partial charge in [-0.15, -0.1) is 0 Å². The SMILES string of the molecule is Cc1ccnn1CCCNC(=O)Cn1nc(C(F)F)c([N+](=O)[O-])c1C. The second-order valence-corrected chi connectivity index (χ2v) is 5.43. The summed E-state index contributed by atoms with van der Waals surface area (Å²) in [6.07, 6.45) is -0.767. The van der Waals surface area contributed by atoms with Crippen LogP contribution in [0.25, 0.3) is 0 Å². The molecule has 0 bridgehead atoms. The summed E-state index contributed by atoms with van der Waals surface area (Å²) < 4.78 is 28.4. The van der Waals surface area contributed by atoms with Gasteiger partial charge >= 0.3 is 5.69 Å². The fourth-order valence-corrected chi connectivity index (χ4v) is 2.37. The summed E-state index contributed by atoms with van der Waals surface area (Å²) in [6.45, 7) is 3.83. The zero-order valence-electron chi connectivity index (χ0n) is 13.8. The second-order valence-electron chi connectivity index (χ2n) is 5.43. The Morgan fingerprint density at radius 1 is 1.40 bits per heavy atom. The number of alkyl halides is 2. The number of aromatic nitrogens is 4. The molecule has 2 aromatic heterocycles. The van der Waals surface area contributed by atoms with Crippen molar-refractivity contribution in [2.45, 2.75) is 39.8 Å². The van der Waals surface area contributed by atoms with Crippen molar-refractivity contribution in [3.8, 4) is 0 Å². The minimum absolute atomic E-state index is 0.0809. The first-order chi connectivity index (χ1) is 11.8. The van der Waals surface area contributed by atoms with Gasteiger partial charge in [0.2, 0.25) is 11.6 Å². The summed E-state index contributed by atoms with van der Waals surface area (Å²) in [4.78, 5) is 21.9. The van der Waals surface area contributed by atoms with E-state index in [0.717, 1.165) is 10.4 Å². The lowest BCUT2D eigenvalue weighted by atomic mass is 10.3. The molecule has 0 saturated heterocycles. The van der Waals surface area contributed by atoms with Crippen molar-refractivity contribution in [1.82, 2.24) is 24.9 Å². The highest BCUT2D eigenvalue weighted by molar-refractivity contribution is 5.75. The summed E-state index contributed by atoms with van der Waals surface area (Å²) >= 11 is 0. The van der Waals surface area contributed by atoms with Crippen LogP contribution in [0, 0.1) is 24.0 Å². The predicted molar refractivity (Wildman–Crippen MR) is 83.2 cm³/mol. The number of aryl methyl sites for hydroxylation is 2. The van der Waals surface area contributed by atoms with E-state index in [-0.39, 0.29) is 12.2 Å². The van der Waals surface area contributed by atoms with Gasteiger partial charge in [0.15, 0.2) is 0 Å². The molecule has 0 aromatic carbocycles. The highest BCUT2D eigenvalue weighted by Crippen LogP contribution is 2.30. The van der Waals surface area contributed by atoms with Gasteiger partial charge in [-0.1, -0.05) is 0 Å². The van der Waals surface area contributed by atoms with E-state index in [0.29, 0.717) is 19.5 Å². The van der Waals surface area contributed by atoms with Crippen molar-refractivity contribution < 1.29 is 18.5 Å². The molecule has 0 atom stereocenters. The van der Waals surface area contributed by atoms with Gasteiger partial charge in [0.1, 0.15) is 12.2 Å². The Labute approximate surface area is 141 Å². The van der Waals surface area contributed by atoms with Gasteiger partial charge in [0, 0.05) is 25.0 Å². The third-order valence-corrected chi connectivity index (χ3v) is 3.68. The third kappa shape index (κ3) is 4.37. The first-order valence-electron chi connectivity index (χ1n) is 7.56. The maximum Gasteiger partial charge on any atom is 0.319 e. The number of nitro groups is 1. The van der Waals surface area contributed by atoms with Crippen molar-refractivity contribution in [3.05, 3.63) is 39.5 Å². The van der Waals surface area contributed by atoms with Gasteiger partial charge in [-0.25, -0.2) is 8.78 Å². The monoisotopic (exact) mass is 356 g/mol. The van der Waals surface area contributed by atoms with Crippen molar-refractivity contribution in [2.24, 2.45) is 0 Å². The first-order valence-corrected chi connectivity index (χ1v) is 7.56. The smallest absolute Gasteiger partial charge is 0.319 e. The van der Waals surface area contributed by atoms with Crippen LogP contribution in [-0.4, -0.2) is 36.9 Å². The molecule has 0 aliphatic heterocycles. The molecule has 2 rings (SSSR count). The number of halogens is 2.